The highest BCUT2D eigenvalue weighted by atomic mass is 16.4. The fraction of sp³-hybridized carbons (Fsp3) is 0.462. The average molecular weight is 234 g/mol. The predicted octanol–water partition coefficient (Wildman–Crippen LogP) is 1.56. The molecule has 1 heterocycles. The molecule has 1 fully saturated rings. The van der Waals surface area contributed by atoms with E-state index in [4.69, 9.17) is 10.8 Å². The van der Waals surface area contributed by atoms with Gasteiger partial charge in [-0.1, -0.05) is 30.3 Å². The van der Waals surface area contributed by atoms with Crippen LogP contribution in [0, 0.1) is 5.92 Å². The van der Waals surface area contributed by atoms with Crippen LogP contribution < -0.4 is 5.73 Å². The summed E-state index contributed by atoms with van der Waals surface area (Å²) in [5, 5.41) is 8.90. The first-order valence-electron chi connectivity index (χ1n) is 5.94. The Labute approximate surface area is 101 Å². The molecule has 4 heteroatoms. The number of rotatable bonds is 2. The minimum atomic E-state index is -0.862. The molecule has 1 saturated heterocycles. The molecule has 1 aromatic rings. The summed E-state index contributed by atoms with van der Waals surface area (Å²) in [6.45, 7) is 1.05. The Hall–Kier alpha value is -1.55. The molecule has 0 radical (unpaired) electrons. The fourth-order valence-corrected chi connectivity index (χ4v) is 2.37. The largest absolute Gasteiger partial charge is 0.465 e. The van der Waals surface area contributed by atoms with Crippen molar-refractivity contribution < 1.29 is 9.90 Å². The van der Waals surface area contributed by atoms with E-state index in [1.54, 1.807) is 0 Å². The zero-order chi connectivity index (χ0) is 12.3. The number of hydrogen-bond donors (Lipinski definition) is 2. The Bertz CT molecular complexity index is 380. The number of hydrogen-bond acceptors (Lipinski definition) is 2. The Morgan fingerprint density at radius 3 is 2.71 bits per heavy atom. The fourth-order valence-electron chi connectivity index (χ4n) is 2.37. The zero-order valence-corrected chi connectivity index (χ0v) is 9.75. The third-order valence-electron chi connectivity index (χ3n) is 3.42. The lowest BCUT2D eigenvalue weighted by Gasteiger charge is -2.35. The summed E-state index contributed by atoms with van der Waals surface area (Å²) in [7, 11) is 0. The van der Waals surface area contributed by atoms with Crippen LogP contribution >= 0.6 is 0 Å². The lowest BCUT2D eigenvalue weighted by atomic mass is 9.87. The van der Waals surface area contributed by atoms with Crippen LogP contribution in [-0.4, -0.2) is 35.2 Å². The second kappa shape index (κ2) is 5.19. The van der Waals surface area contributed by atoms with Crippen LogP contribution in [0.2, 0.25) is 0 Å². The van der Waals surface area contributed by atoms with E-state index in [9.17, 15) is 4.79 Å². The lowest BCUT2D eigenvalue weighted by Crippen LogP contribution is -2.50. The van der Waals surface area contributed by atoms with Crippen molar-refractivity contribution in [2.75, 3.05) is 13.1 Å². The van der Waals surface area contributed by atoms with Gasteiger partial charge in [-0.15, -0.1) is 0 Å². The molecule has 0 unspecified atom stereocenters. The van der Waals surface area contributed by atoms with E-state index in [0.717, 1.165) is 12.8 Å². The van der Waals surface area contributed by atoms with Gasteiger partial charge in [0.15, 0.2) is 0 Å². The van der Waals surface area contributed by atoms with Crippen LogP contribution in [0.4, 0.5) is 4.79 Å². The van der Waals surface area contributed by atoms with E-state index in [1.165, 1.54) is 10.5 Å². The Morgan fingerprint density at radius 2 is 2.12 bits per heavy atom. The Morgan fingerprint density at radius 1 is 1.41 bits per heavy atom. The maximum absolute atomic E-state index is 10.8. The van der Waals surface area contributed by atoms with Crippen molar-refractivity contribution >= 4 is 6.09 Å². The molecule has 0 bridgehead atoms. The molecule has 2 rings (SSSR count). The average Bonchev–Trinajstić information content (AvgIpc) is 2.33. The minimum absolute atomic E-state index is 0.0555. The molecule has 0 aliphatic carbocycles. The first kappa shape index (κ1) is 11.9. The van der Waals surface area contributed by atoms with E-state index in [-0.39, 0.29) is 6.04 Å². The van der Waals surface area contributed by atoms with Crippen molar-refractivity contribution in [3.8, 4) is 0 Å². The summed E-state index contributed by atoms with van der Waals surface area (Å²) >= 11 is 0. The SMILES string of the molecule is N[C@H]1CN(C(=O)O)CC[C@@H]1Cc1ccccc1. The third kappa shape index (κ3) is 2.97. The third-order valence-corrected chi connectivity index (χ3v) is 3.42. The van der Waals surface area contributed by atoms with Crippen molar-refractivity contribution in [3.05, 3.63) is 35.9 Å². The highest BCUT2D eigenvalue weighted by molar-refractivity contribution is 5.65. The van der Waals surface area contributed by atoms with Gasteiger partial charge in [0.05, 0.1) is 0 Å². The molecule has 1 aromatic carbocycles. The molecular formula is C13H18N2O2. The number of nitrogens with zero attached hydrogens (tertiary/aromatic N) is 1. The maximum atomic E-state index is 10.8. The van der Waals surface area contributed by atoms with Gasteiger partial charge in [-0.3, -0.25) is 0 Å². The molecule has 1 aliphatic heterocycles. The van der Waals surface area contributed by atoms with E-state index in [2.05, 4.69) is 12.1 Å². The highest BCUT2D eigenvalue weighted by Crippen LogP contribution is 2.20. The van der Waals surface area contributed by atoms with Crippen molar-refractivity contribution in [1.82, 2.24) is 4.90 Å². The van der Waals surface area contributed by atoms with Crippen LogP contribution in [0.3, 0.4) is 0 Å². The van der Waals surface area contributed by atoms with Crippen molar-refractivity contribution in [3.63, 3.8) is 0 Å². The number of piperidine rings is 1. The van der Waals surface area contributed by atoms with Gasteiger partial charge in [-0.2, -0.15) is 0 Å². The molecule has 92 valence electrons. The normalized spacial score (nSPS) is 24.6. The molecule has 4 nitrogen and oxygen atoms in total. The van der Waals surface area contributed by atoms with E-state index in [1.807, 2.05) is 18.2 Å². The Kier molecular flexibility index (Phi) is 3.64. The van der Waals surface area contributed by atoms with Gasteiger partial charge >= 0.3 is 6.09 Å². The van der Waals surface area contributed by atoms with Gasteiger partial charge in [-0.05, 0) is 24.3 Å². The van der Waals surface area contributed by atoms with Crippen molar-refractivity contribution in [1.29, 1.82) is 0 Å². The number of nitrogens with two attached hydrogens (primary N) is 1. The molecule has 2 atom stereocenters. The minimum Gasteiger partial charge on any atom is -0.465 e. The summed E-state index contributed by atoms with van der Waals surface area (Å²) < 4.78 is 0. The van der Waals surface area contributed by atoms with Gasteiger partial charge < -0.3 is 15.7 Å². The zero-order valence-electron chi connectivity index (χ0n) is 9.75. The smallest absolute Gasteiger partial charge is 0.407 e. The topological polar surface area (TPSA) is 66.6 Å². The van der Waals surface area contributed by atoms with Crippen LogP contribution in [-0.2, 0) is 6.42 Å². The van der Waals surface area contributed by atoms with Gasteiger partial charge in [0.1, 0.15) is 0 Å². The van der Waals surface area contributed by atoms with E-state index < -0.39 is 6.09 Å². The predicted molar refractivity (Wildman–Crippen MR) is 65.8 cm³/mol. The Balaban J connectivity index is 1.94. The van der Waals surface area contributed by atoms with Crippen LogP contribution in [0.15, 0.2) is 30.3 Å². The molecule has 3 N–H and O–H groups in total. The summed E-state index contributed by atoms with van der Waals surface area (Å²) in [5.41, 5.74) is 7.32. The highest BCUT2D eigenvalue weighted by Gasteiger charge is 2.28. The molecule has 1 aliphatic rings. The number of benzene rings is 1. The standard InChI is InChI=1S/C13H18N2O2/c14-12-9-15(13(16)17)7-6-11(12)8-10-4-2-1-3-5-10/h1-5,11-12H,6-9,14H2,(H,16,17)/t11-,12+/m1/s1. The van der Waals surface area contributed by atoms with E-state index in [0.29, 0.717) is 19.0 Å². The van der Waals surface area contributed by atoms with Crippen LogP contribution in [0.5, 0.6) is 0 Å². The van der Waals surface area contributed by atoms with E-state index >= 15 is 0 Å². The molecule has 1 amide bonds. The summed E-state index contributed by atoms with van der Waals surface area (Å²) in [6.07, 6.45) is 0.927. The number of likely N-dealkylation sites (tertiary alicyclic amines) is 1. The number of carbonyl (C=O) groups is 1. The van der Waals surface area contributed by atoms with Crippen LogP contribution in [0.1, 0.15) is 12.0 Å². The van der Waals surface area contributed by atoms with Crippen molar-refractivity contribution in [2.24, 2.45) is 11.7 Å². The van der Waals surface area contributed by atoms with Gasteiger partial charge in [0.2, 0.25) is 0 Å². The molecule has 0 spiro atoms. The van der Waals surface area contributed by atoms with Crippen LogP contribution in [0.25, 0.3) is 0 Å². The molecule has 17 heavy (non-hydrogen) atoms. The lowest BCUT2D eigenvalue weighted by molar-refractivity contribution is 0.116. The number of amides is 1. The second-order valence-electron chi connectivity index (χ2n) is 4.63. The molecular weight excluding hydrogens is 216 g/mol. The molecule has 0 saturated carbocycles. The summed E-state index contributed by atoms with van der Waals surface area (Å²) in [5.74, 6) is 0.382. The van der Waals surface area contributed by atoms with Gasteiger partial charge in [0, 0.05) is 19.1 Å². The van der Waals surface area contributed by atoms with Gasteiger partial charge in [0.25, 0.3) is 0 Å². The quantitative estimate of drug-likeness (QED) is 0.816. The first-order valence-corrected chi connectivity index (χ1v) is 5.94. The second-order valence-corrected chi connectivity index (χ2v) is 4.63. The maximum Gasteiger partial charge on any atom is 0.407 e. The monoisotopic (exact) mass is 234 g/mol. The summed E-state index contributed by atoms with van der Waals surface area (Å²) in [4.78, 5) is 12.2. The first-order chi connectivity index (χ1) is 8.16. The van der Waals surface area contributed by atoms with Gasteiger partial charge in [-0.25, -0.2) is 4.79 Å². The number of carboxylic acid groups (broad SMARTS) is 1. The summed E-state index contributed by atoms with van der Waals surface area (Å²) in [6, 6.07) is 10.2. The van der Waals surface area contributed by atoms with Crippen molar-refractivity contribution in [2.45, 2.75) is 18.9 Å². The molecule has 0 aromatic heterocycles.